The van der Waals surface area contributed by atoms with Crippen LogP contribution in [0.25, 0.3) is 0 Å². The third kappa shape index (κ3) is 1.84. The van der Waals surface area contributed by atoms with Crippen molar-refractivity contribution < 1.29 is 9.90 Å². The molecule has 4 heteroatoms. The van der Waals surface area contributed by atoms with Crippen molar-refractivity contribution in [1.82, 2.24) is 4.90 Å². The molecule has 0 aromatic heterocycles. The van der Waals surface area contributed by atoms with Crippen molar-refractivity contribution in [1.29, 1.82) is 0 Å². The first kappa shape index (κ1) is 9.22. The Kier molecular flexibility index (Phi) is 2.83. The predicted molar refractivity (Wildman–Crippen MR) is 45.3 cm³/mol. The number of primary amides is 1. The molecule has 0 bridgehead atoms. The van der Waals surface area contributed by atoms with E-state index in [0.29, 0.717) is 6.54 Å². The van der Waals surface area contributed by atoms with Crippen LogP contribution < -0.4 is 5.73 Å². The van der Waals surface area contributed by atoms with Crippen molar-refractivity contribution in [2.75, 3.05) is 20.2 Å². The largest absolute Gasteiger partial charge is 0.394 e. The number of hydrogen-bond donors (Lipinski definition) is 2. The van der Waals surface area contributed by atoms with Gasteiger partial charge in [-0.25, -0.2) is 0 Å². The molecule has 0 aliphatic carbocycles. The van der Waals surface area contributed by atoms with Crippen molar-refractivity contribution in [2.24, 2.45) is 11.7 Å². The highest BCUT2D eigenvalue weighted by atomic mass is 16.3. The van der Waals surface area contributed by atoms with Gasteiger partial charge in [0.15, 0.2) is 0 Å². The highest BCUT2D eigenvalue weighted by Gasteiger charge is 2.22. The van der Waals surface area contributed by atoms with E-state index in [9.17, 15) is 4.79 Å². The molecule has 0 fully saturated rings. The molecular formula is C8H14N2O2. The average molecular weight is 170 g/mol. The molecule has 2 atom stereocenters. The number of rotatable bonds is 2. The summed E-state index contributed by atoms with van der Waals surface area (Å²) >= 11 is 0. The molecule has 1 aliphatic heterocycles. The van der Waals surface area contributed by atoms with Gasteiger partial charge in [-0.1, -0.05) is 12.2 Å². The van der Waals surface area contributed by atoms with Gasteiger partial charge in [0.2, 0.25) is 5.91 Å². The second kappa shape index (κ2) is 3.69. The first-order chi connectivity index (χ1) is 5.65. The van der Waals surface area contributed by atoms with Crippen LogP contribution in [0.5, 0.6) is 0 Å². The van der Waals surface area contributed by atoms with Gasteiger partial charge < -0.3 is 10.8 Å². The number of aliphatic hydroxyl groups excluding tert-OH is 1. The van der Waals surface area contributed by atoms with Crippen molar-refractivity contribution in [3.63, 3.8) is 0 Å². The third-order valence-corrected chi connectivity index (χ3v) is 2.17. The van der Waals surface area contributed by atoms with E-state index in [0.717, 1.165) is 0 Å². The molecule has 1 amide bonds. The summed E-state index contributed by atoms with van der Waals surface area (Å²) in [6.45, 7) is 0.676. The molecule has 1 aliphatic rings. The minimum atomic E-state index is -0.311. The molecule has 1 rings (SSSR count). The number of carbonyl (C=O) groups excluding carboxylic acids is 1. The lowest BCUT2D eigenvalue weighted by atomic mass is 10.0. The Balaban J connectivity index is 2.63. The van der Waals surface area contributed by atoms with E-state index < -0.39 is 0 Å². The van der Waals surface area contributed by atoms with Gasteiger partial charge in [-0.15, -0.1) is 0 Å². The highest BCUT2D eigenvalue weighted by molar-refractivity contribution is 5.78. The zero-order valence-corrected chi connectivity index (χ0v) is 7.10. The lowest BCUT2D eigenvalue weighted by Gasteiger charge is -2.30. The van der Waals surface area contributed by atoms with Crippen LogP contribution >= 0.6 is 0 Å². The lowest BCUT2D eigenvalue weighted by molar-refractivity contribution is -0.121. The summed E-state index contributed by atoms with van der Waals surface area (Å²) in [5.74, 6) is -0.521. The van der Waals surface area contributed by atoms with Crippen molar-refractivity contribution >= 4 is 5.91 Å². The van der Waals surface area contributed by atoms with Crippen LogP contribution in [0.2, 0.25) is 0 Å². The van der Waals surface area contributed by atoms with Crippen LogP contribution in [0.4, 0.5) is 0 Å². The van der Waals surface area contributed by atoms with E-state index in [1.165, 1.54) is 0 Å². The monoisotopic (exact) mass is 170 g/mol. The quantitative estimate of drug-likeness (QED) is 0.520. The molecule has 0 aromatic carbocycles. The number of nitrogens with two attached hydrogens (primary N) is 1. The van der Waals surface area contributed by atoms with E-state index in [4.69, 9.17) is 10.8 Å². The fraction of sp³-hybridized carbons (Fsp3) is 0.625. The molecule has 68 valence electrons. The van der Waals surface area contributed by atoms with Gasteiger partial charge in [0, 0.05) is 6.54 Å². The summed E-state index contributed by atoms with van der Waals surface area (Å²) in [4.78, 5) is 12.7. The SMILES string of the molecule is CN1CC(C(N)=O)C=CC1CO. The Morgan fingerprint density at radius 3 is 2.83 bits per heavy atom. The summed E-state index contributed by atoms with van der Waals surface area (Å²) in [6.07, 6.45) is 3.59. The van der Waals surface area contributed by atoms with E-state index in [-0.39, 0.29) is 24.5 Å². The van der Waals surface area contributed by atoms with Gasteiger partial charge in [0.25, 0.3) is 0 Å². The van der Waals surface area contributed by atoms with Crippen LogP contribution in [-0.2, 0) is 4.79 Å². The fourth-order valence-electron chi connectivity index (χ4n) is 1.30. The average Bonchev–Trinajstić information content (AvgIpc) is 2.04. The van der Waals surface area contributed by atoms with E-state index in [1.807, 2.05) is 18.0 Å². The maximum absolute atomic E-state index is 10.8. The van der Waals surface area contributed by atoms with Crippen LogP contribution in [-0.4, -0.2) is 42.2 Å². The normalized spacial score (nSPS) is 30.5. The first-order valence-corrected chi connectivity index (χ1v) is 3.94. The van der Waals surface area contributed by atoms with Gasteiger partial charge in [-0.05, 0) is 7.05 Å². The highest BCUT2D eigenvalue weighted by Crippen LogP contribution is 2.12. The number of hydrogen-bond acceptors (Lipinski definition) is 3. The first-order valence-electron chi connectivity index (χ1n) is 3.94. The zero-order chi connectivity index (χ0) is 9.14. The maximum Gasteiger partial charge on any atom is 0.225 e. The standard InChI is InChI=1S/C8H14N2O2/c1-10-4-6(8(9)12)2-3-7(10)5-11/h2-3,6-7,11H,4-5H2,1H3,(H2,9,12). The molecule has 3 N–H and O–H groups in total. The van der Waals surface area contributed by atoms with Crippen LogP contribution in [0.1, 0.15) is 0 Å². The summed E-state index contributed by atoms with van der Waals surface area (Å²) in [5, 5.41) is 8.88. The van der Waals surface area contributed by atoms with Crippen LogP contribution in [0, 0.1) is 5.92 Å². The molecule has 12 heavy (non-hydrogen) atoms. The van der Waals surface area contributed by atoms with Crippen LogP contribution in [0.3, 0.4) is 0 Å². The Morgan fingerprint density at radius 2 is 2.42 bits per heavy atom. The van der Waals surface area contributed by atoms with E-state index in [1.54, 1.807) is 6.08 Å². The second-order valence-corrected chi connectivity index (χ2v) is 3.08. The van der Waals surface area contributed by atoms with Crippen molar-refractivity contribution in [3.05, 3.63) is 12.2 Å². The second-order valence-electron chi connectivity index (χ2n) is 3.08. The summed E-state index contributed by atoms with van der Waals surface area (Å²) in [6, 6.07) is 0.0283. The predicted octanol–water partition coefficient (Wildman–Crippen LogP) is -1.05. The molecule has 0 saturated carbocycles. The van der Waals surface area contributed by atoms with Gasteiger partial charge >= 0.3 is 0 Å². The number of amides is 1. The minimum Gasteiger partial charge on any atom is -0.394 e. The Hall–Kier alpha value is -0.870. The lowest BCUT2D eigenvalue weighted by Crippen LogP contribution is -2.43. The Labute approximate surface area is 71.7 Å². The third-order valence-electron chi connectivity index (χ3n) is 2.17. The van der Waals surface area contributed by atoms with E-state index in [2.05, 4.69) is 0 Å². The maximum atomic E-state index is 10.8. The van der Waals surface area contributed by atoms with Gasteiger partial charge in [-0.3, -0.25) is 9.69 Å². The van der Waals surface area contributed by atoms with Gasteiger partial charge in [0.05, 0.1) is 18.6 Å². The fourth-order valence-corrected chi connectivity index (χ4v) is 1.30. The summed E-state index contributed by atoms with van der Waals surface area (Å²) in [5.41, 5.74) is 5.14. The summed E-state index contributed by atoms with van der Waals surface area (Å²) < 4.78 is 0. The number of aliphatic hydroxyl groups is 1. The molecular weight excluding hydrogens is 156 g/mol. The van der Waals surface area contributed by atoms with Gasteiger partial charge in [0.1, 0.15) is 0 Å². The summed E-state index contributed by atoms with van der Waals surface area (Å²) in [7, 11) is 1.86. The molecule has 0 saturated heterocycles. The van der Waals surface area contributed by atoms with E-state index >= 15 is 0 Å². The minimum absolute atomic E-state index is 0.0283. The molecule has 0 radical (unpaired) electrons. The molecule has 2 unspecified atom stereocenters. The topological polar surface area (TPSA) is 66.6 Å². The molecule has 1 heterocycles. The number of carbonyl (C=O) groups is 1. The molecule has 0 spiro atoms. The smallest absolute Gasteiger partial charge is 0.225 e. The number of likely N-dealkylation sites (N-methyl/N-ethyl adjacent to an activating group) is 1. The number of nitrogens with zero attached hydrogens (tertiary/aromatic N) is 1. The Morgan fingerprint density at radius 1 is 1.75 bits per heavy atom. The molecule has 4 nitrogen and oxygen atoms in total. The molecule has 0 aromatic rings. The van der Waals surface area contributed by atoms with Crippen molar-refractivity contribution in [3.8, 4) is 0 Å². The Bertz CT molecular complexity index is 203. The zero-order valence-electron chi connectivity index (χ0n) is 7.10. The van der Waals surface area contributed by atoms with Gasteiger partial charge in [-0.2, -0.15) is 0 Å². The van der Waals surface area contributed by atoms with Crippen molar-refractivity contribution in [2.45, 2.75) is 6.04 Å². The van der Waals surface area contributed by atoms with Crippen LogP contribution in [0.15, 0.2) is 12.2 Å².